The van der Waals surface area contributed by atoms with Gasteiger partial charge < -0.3 is 5.32 Å². The Kier molecular flexibility index (Phi) is 6.07. The highest BCUT2D eigenvalue weighted by molar-refractivity contribution is 7.10. The minimum Gasteiger partial charge on any atom is -0.316 e. The van der Waals surface area contributed by atoms with Gasteiger partial charge in [-0.05, 0) is 30.8 Å². The predicted octanol–water partition coefficient (Wildman–Crippen LogP) is 4.20. The van der Waals surface area contributed by atoms with Gasteiger partial charge in [-0.2, -0.15) is 0 Å². The van der Waals surface area contributed by atoms with Crippen molar-refractivity contribution in [2.45, 2.75) is 51.9 Å². The van der Waals surface area contributed by atoms with Crippen LogP contribution in [-0.4, -0.2) is 13.1 Å². The summed E-state index contributed by atoms with van der Waals surface area (Å²) in [6, 6.07) is 4.50. The van der Waals surface area contributed by atoms with Crippen molar-refractivity contribution in [3.63, 3.8) is 0 Å². The summed E-state index contributed by atoms with van der Waals surface area (Å²) in [5, 5.41) is 5.76. The van der Waals surface area contributed by atoms with Crippen molar-refractivity contribution in [1.82, 2.24) is 5.32 Å². The maximum absolute atomic E-state index is 3.55. The summed E-state index contributed by atoms with van der Waals surface area (Å²) in [6.07, 6.45) is 5.13. The van der Waals surface area contributed by atoms with Crippen LogP contribution < -0.4 is 5.32 Å². The molecule has 1 aromatic rings. The maximum Gasteiger partial charge on any atom is 0.0171 e. The van der Waals surface area contributed by atoms with Gasteiger partial charge in [0.25, 0.3) is 0 Å². The van der Waals surface area contributed by atoms with Gasteiger partial charge >= 0.3 is 0 Å². The summed E-state index contributed by atoms with van der Waals surface area (Å²) < 4.78 is 0. The lowest BCUT2D eigenvalue weighted by Crippen LogP contribution is -2.37. The Morgan fingerprint density at radius 1 is 1.19 bits per heavy atom. The van der Waals surface area contributed by atoms with Crippen LogP contribution in [0.3, 0.4) is 0 Å². The van der Waals surface area contributed by atoms with Crippen molar-refractivity contribution in [3.8, 4) is 0 Å². The molecule has 0 saturated carbocycles. The van der Waals surface area contributed by atoms with Crippen molar-refractivity contribution >= 4 is 11.3 Å². The van der Waals surface area contributed by atoms with E-state index < -0.39 is 0 Å². The molecule has 0 aromatic carbocycles. The molecule has 0 atom stereocenters. The van der Waals surface area contributed by atoms with Gasteiger partial charge in [0.15, 0.2) is 0 Å². The van der Waals surface area contributed by atoms with Gasteiger partial charge in [0.1, 0.15) is 0 Å². The van der Waals surface area contributed by atoms with E-state index in [0.717, 1.165) is 13.1 Å². The van der Waals surface area contributed by atoms with Gasteiger partial charge in [0, 0.05) is 16.8 Å². The number of hydrogen-bond acceptors (Lipinski definition) is 2. The van der Waals surface area contributed by atoms with Crippen molar-refractivity contribution in [1.29, 1.82) is 0 Å². The number of nitrogens with one attached hydrogen (secondary N) is 1. The van der Waals surface area contributed by atoms with E-state index in [1.165, 1.54) is 25.7 Å². The molecule has 2 heteroatoms. The van der Waals surface area contributed by atoms with Crippen LogP contribution in [0.1, 0.15) is 51.3 Å². The van der Waals surface area contributed by atoms with Gasteiger partial charge in [0.05, 0.1) is 0 Å². The molecular formula is C14H25NS. The van der Waals surface area contributed by atoms with E-state index in [0.29, 0.717) is 5.41 Å². The number of likely N-dealkylation sites (N-methyl/N-ethyl adjacent to an activating group) is 1. The van der Waals surface area contributed by atoms with Crippen LogP contribution in [-0.2, 0) is 5.41 Å². The predicted molar refractivity (Wildman–Crippen MR) is 74.4 cm³/mol. The number of rotatable bonds is 8. The number of thiophene rings is 1. The third-order valence-electron chi connectivity index (χ3n) is 3.21. The fraction of sp³-hybridized carbons (Fsp3) is 0.714. The van der Waals surface area contributed by atoms with Crippen LogP contribution in [0.4, 0.5) is 0 Å². The van der Waals surface area contributed by atoms with Crippen LogP contribution in [0.5, 0.6) is 0 Å². The lowest BCUT2D eigenvalue weighted by molar-refractivity contribution is 0.344. The smallest absolute Gasteiger partial charge is 0.0171 e. The second-order valence-corrected chi connectivity index (χ2v) is 5.49. The second kappa shape index (κ2) is 7.08. The molecule has 0 aliphatic carbocycles. The zero-order valence-electron chi connectivity index (χ0n) is 10.9. The molecule has 0 fully saturated rings. The highest BCUT2D eigenvalue weighted by atomic mass is 32.1. The molecule has 0 bridgehead atoms. The lowest BCUT2D eigenvalue weighted by Gasteiger charge is -2.33. The molecule has 0 aliphatic heterocycles. The average molecular weight is 239 g/mol. The Hall–Kier alpha value is -0.340. The van der Waals surface area contributed by atoms with Gasteiger partial charge in [-0.25, -0.2) is 0 Å². The van der Waals surface area contributed by atoms with Crippen molar-refractivity contribution in [2.24, 2.45) is 0 Å². The summed E-state index contributed by atoms with van der Waals surface area (Å²) in [7, 11) is 0. The van der Waals surface area contributed by atoms with Gasteiger partial charge in [-0.15, -0.1) is 11.3 Å². The third kappa shape index (κ3) is 3.33. The molecule has 16 heavy (non-hydrogen) atoms. The molecule has 0 aliphatic rings. The molecule has 0 amide bonds. The molecule has 1 N–H and O–H groups in total. The first-order valence-electron chi connectivity index (χ1n) is 6.53. The van der Waals surface area contributed by atoms with Crippen LogP contribution in [0.25, 0.3) is 0 Å². The fourth-order valence-electron chi connectivity index (χ4n) is 2.54. The van der Waals surface area contributed by atoms with Crippen molar-refractivity contribution in [2.75, 3.05) is 13.1 Å². The van der Waals surface area contributed by atoms with Crippen LogP contribution in [0, 0.1) is 0 Å². The molecule has 1 nitrogen and oxygen atoms in total. The monoisotopic (exact) mass is 239 g/mol. The first kappa shape index (κ1) is 13.7. The van der Waals surface area contributed by atoms with Gasteiger partial charge in [-0.3, -0.25) is 0 Å². The molecule has 1 rings (SSSR count). The quantitative estimate of drug-likeness (QED) is 0.717. The zero-order valence-corrected chi connectivity index (χ0v) is 11.7. The fourth-order valence-corrected chi connectivity index (χ4v) is 3.52. The minimum atomic E-state index is 0.383. The van der Waals surface area contributed by atoms with E-state index >= 15 is 0 Å². The highest BCUT2D eigenvalue weighted by Crippen LogP contribution is 2.36. The van der Waals surface area contributed by atoms with Crippen LogP contribution in [0.15, 0.2) is 17.5 Å². The summed E-state index contributed by atoms with van der Waals surface area (Å²) in [5.41, 5.74) is 0.383. The largest absolute Gasteiger partial charge is 0.316 e. The molecule has 0 unspecified atom stereocenters. The highest BCUT2D eigenvalue weighted by Gasteiger charge is 2.30. The molecule has 0 saturated heterocycles. The Labute approximate surface area is 104 Å². The Morgan fingerprint density at radius 3 is 2.31 bits per heavy atom. The van der Waals surface area contributed by atoms with Gasteiger partial charge in [0.2, 0.25) is 0 Å². The average Bonchev–Trinajstić information content (AvgIpc) is 2.80. The maximum atomic E-state index is 3.55. The van der Waals surface area contributed by atoms with E-state index in [1.54, 1.807) is 4.88 Å². The van der Waals surface area contributed by atoms with E-state index in [9.17, 15) is 0 Å². The zero-order chi connectivity index (χ0) is 11.9. The lowest BCUT2D eigenvalue weighted by atomic mass is 9.77. The van der Waals surface area contributed by atoms with Crippen molar-refractivity contribution < 1.29 is 0 Å². The Morgan fingerprint density at radius 2 is 1.88 bits per heavy atom. The first-order valence-corrected chi connectivity index (χ1v) is 7.41. The molecule has 0 radical (unpaired) electrons. The van der Waals surface area contributed by atoms with Crippen LogP contribution >= 0.6 is 11.3 Å². The second-order valence-electron chi connectivity index (χ2n) is 4.54. The summed E-state index contributed by atoms with van der Waals surface area (Å²) >= 11 is 1.92. The topological polar surface area (TPSA) is 12.0 Å². The normalized spacial score (nSPS) is 11.9. The van der Waals surface area contributed by atoms with E-state index in [-0.39, 0.29) is 0 Å². The third-order valence-corrected chi connectivity index (χ3v) is 4.33. The number of hydrogen-bond donors (Lipinski definition) is 1. The minimum absolute atomic E-state index is 0.383. The molecule has 1 aromatic heterocycles. The van der Waals surface area contributed by atoms with E-state index in [1.807, 2.05) is 11.3 Å². The molecular weight excluding hydrogens is 214 g/mol. The summed E-state index contributed by atoms with van der Waals surface area (Å²) in [6.45, 7) is 8.98. The summed E-state index contributed by atoms with van der Waals surface area (Å²) in [5.74, 6) is 0. The Bertz CT molecular complexity index is 260. The standard InChI is InChI=1S/C14H25NS/c1-4-9-14(10-5-2,12-15-6-3)13-8-7-11-16-13/h7-8,11,15H,4-6,9-10,12H2,1-3H3. The first-order chi connectivity index (χ1) is 7.79. The summed E-state index contributed by atoms with van der Waals surface area (Å²) in [4.78, 5) is 1.57. The molecule has 92 valence electrons. The SMILES string of the molecule is CCCC(CCC)(CNCC)c1cccs1. The Balaban J connectivity index is 2.86. The van der Waals surface area contributed by atoms with Crippen LogP contribution in [0.2, 0.25) is 0 Å². The van der Waals surface area contributed by atoms with Gasteiger partial charge in [-0.1, -0.05) is 39.7 Å². The molecule has 0 spiro atoms. The van der Waals surface area contributed by atoms with Crippen molar-refractivity contribution in [3.05, 3.63) is 22.4 Å². The molecule has 1 heterocycles. The van der Waals surface area contributed by atoms with E-state index in [4.69, 9.17) is 0 Å². The van der Waals surface area contributed by atoms with E-state index in [2.05, 4.69) is 43.6 Å².